The lowest BCUT2D eigenvalue weighted by Gasteiger charge is -2.15. The van der Waals surface area contributed by atoms with Gasteiger partial charge in [-0.25, -0.2) is 0 Å². The number of ketones is 1. The third-order valence-corrected chi connectivity index (χ3v) is 4.34. The first-order chi connectivity index (χ1) is 6.25. The lowest BCUT2D eigenvalue weighted by Crippen LogP contribution is -2.27. The van der Waals surface area contributed by atoms with Gasteiger partial charge in [0.05, 0.1) is 0 Å². The summed E-state index contributed by atoms with van der Waals surface area (Å²) >= 11 is -0.876. The Morgan fingerprint density at radius 3 is 2.85 bits per heavy atom. The zero-order chi connectivity index (χ0) is 9.68. The van der Waals surface area contributed by atoms with Gasteiger partial charge in [0, 0.05) is 12.8 Å². The zero-order valence-corrected chi connectivity index (χ0v) is 9.07. The van der Waals surface area contributed by atoms with E-state index in [1.54, 1.807) is 0 Å². The summed E-state index contributed by atoms with van der Waals surface area (Å²) in [6.45, 7) is 2.13. The summed E-state index contributed by atoms with van der Waals surface area (Å²) in [5.74, 6) is 0.958. The Balaban J connectivity index is 2.22. The highest BCUT2D eigenvalue weighted by atomic mass is 32.2. The highest BCUT2D eigenvalue weighted by Crippen LogP contribution is 2.22. The number of carbonyl (C=O) groups is 1. The molecule has 1 aliphatic carbocycles. The summed E-state index contributed by atoms with van der Waals surface area (Å²) < 4.78 is 11.6. The molecule has 0 spiro atoms. The summed E-state index contributed by atoms with van der Waals surface area (Å²) in [4.78, 5) is 11.3. The Morgan fingerprint density at radius 2 is 2.31 bits per heavy atom. The zero-order valence-electron chi connectivity index (χ0n) is 8.25. The molecule has 13 heavy (non-hydrogen) atoms. The van der Waals surface area contributed by atoms with E-state index < -0.39 is 11.2 Å². The van der Waals surface area contributed by atoms with Crippen molar-refractivity contribution in [3.05, 3.63) is 0 Å². The van der Waals surface area contributed by atoms with Gasteiger partial charge < -0.3 is 4.55 Å². The molecule has 0 N–H and O–H groups in total. The van der Waals surface area contributed by atoms with Crippen LogP contribution in [0.5, 0.6) is 0 Å². The van der Waals surface area contributed by atoms with Gasteiger partial charge in [0.1, 0.15) is 5.75 Å². The molecule has 1 fully saturated rings. The minimum atomic E-state index is -0.876. The van der Waals surface area contributed by atoms with Gasteiger partial charge in [-0.2, -0.15) is 0 Å². The Bertz CT molecular complexity index is 170. The van der Waals surface area contributed by atoms with Crippen LogP contribution in [0.25, 0.3) is 0 Å². The molecule has 1 rings (SSSR count). The Kier molecular flexibility index (Phi) is 4.81. The van der Waals surface area contributed by atoms with E-state index in [9.17, 15) is 9.35 Å². The Hall–Kier alpha value is -0.0200. The van der Waals surface area contributed by atoms with Crippen molar-refractivity contribution in [1.82, 2.24) is 0 Å². The first kappa shape index (κ1) is 11.1. The number of rotatable bonds is 5. The summed E-state index contributed by atoms with van der Waals surface area (Å²) in [5, 5.41) is -0.114. The van der Waals surface area contributed by atoms with Crippen molar-refractivity contribution in [2.24, 2.45) is 0 Å². The maximum Gasteiger partial charge on any atom is 0.184 e. The first-order valence-corrected chi connectivity index (χ1v) is 6.53. The molecule has 0 heterocycles. The molecule has 0 aromatic carbocycles. The third kappa shape index (κ3) is 3.31. The van der Waals surface area contributed by atoms with Gasteiger partial charge in [-0.1, -0.05) is 13.3 Å². The van der Waals surface area contributed by atoms with Gasteiger partial charge >= 0.3 is 0 Å². The van der Waals surface area contributed by atoms with Gasteiger partial charge in [0.15, 0.2) is 11.0 Å². The average molecular weight is 202 g/mol. The largest absolute Gasteiger partial charge is 0.616 e. The topological polar surface area (TPSA) is 40.1 Å². The molecule has 1 aliphatic rings. The molecule has 0 radical (unpaired) electrons. The van der Waals surface area contributed by atoms with Gasteiger partial charge in [0.25, 0.3) is 0 Å². The van der Waals surface area contributed by atoms with Crippen LogP contribution in [0.2, 0.25) is 0 Å². The highest BCUT2D eigenvalue weighted by molar-refractivity contribution is 7.92. The van der Waals surface area contributed by atoms with E-state index >= 15 is 0 Å². The van der Waals surface area contributed by atoms with E-state index in [-0.39, 0.29) is 11.0 Å². The minimum absolute atomic E-state index is 0.114. The highest BCUT2D eigenvalue weighted by Gasteiger charge is 2.33. The fraction of sp³-hybridized carbons (Fsp3) is 0.900. The standard InChI is InChI=1S/C10H18O2S/c1-2-3-4-8-13(12)10-7-5-6-9(10)11/h10H,2-8H2,1H3. The lowest BCUT2D eigenvalue weighted by atomic mass is 10.3. The molecule has 3 heteroatoms. The van der Waals surface area contributed by atoms with Gasteiger partial charge in [-0.05, 0) is 30.4 Å². The van der Waals surface area contributed by atoms with Crippen molar-refractivity contribution < 1.29 is 9.35 Å². The van der Waals surface area contributed by atoms with Crippen molar-refractivity contribution in [3.63, 3.8) is 0 Å². The number of hydrogen-bond acceptors (Lipinski definition) is 2. The van der Waals surface area contributed by atoms with Crippen molar-refractivity contribution >= 4 is 17.0 Å². The van der Waals surface area contributed by atoms with Crippen LogP contribution in [0, 0.1) is 0 Å². The van der Waals surface area contributed by atoms with Crippen LogP contribution < -0.4 is 0 Å². The van der Waals surface area contributed by atoms with E-state index in [0.717, 1.165) is 37.9 Å². The van der Waals surface area contributed by atoms with Crippen molar-refractivity contribution in [3.8, 4) is 0 Å². The van der Waals surface area contributed by atoms with Crippen LogP contribution >= 0.6 is 0 Å². The van der Waals surface area contributed by atoms with Crippen molar-refractivity contribution in [2.45, 2.75) is 50.7 Å². The second kappa shape index (κ2) is 5.66. The number of hydrogen-bond donors (Lipinski definition) is 0. The summed E-state index contributed by atoms with van der Waals surface area (Å²) in [7, 11) is 0. The van der Waals surface area contributed by atoms with Gasteiger partial charge in [0.2, 0.25) is 0 Å². The fourth-order valence-electron chi connectivity index (χ4n) is 1.70. The van der Waals surface area contributed by atoms with Crippen LogP contribution in [0.15, 0.2) is 0 Å². The predicted molar refractivity (Wildman–Crippen MR) is 55.2 cm³/mol. The third-order valence-electron chi connectivity index (χ3n) is 2.52. The van der Waals surface area contributed by atoms with Gasteiger partial charge in [-0.3, -0.25) is 4.79 Å². The second-order valence-electron chi connectivity index (χ2n) is 3.64. The summed E-state index contributed by atoms with van der Waals surface area (Å²) in [5.41, 5.74) is 0. The number of Topliss-reactive ketones (excluding diaryl/α,β-unsaturated/α-hetero) is 1. The van der Waals surface area contributed by atoms with E-state index in [0.29, 0.717) is 6.42 Å². The lowest BCUT2D eigenvalue weighted by molar-refractivity contribution is -0.117. The predicted octanol–water partition coefficient (Wildman–Crippen LogP) is 2.05. The number of unbranched alkanes of at least 4 members (excludes halogenated alkanes) is 2. The van der Waals surface area contributed by atoms with Crippen LogP contribution in [-0.2, 0) is 16.0 Å². The fourth-order valence-corrected chi connectivity index (χ4v) is 3.31. The van der Waals surface area contributed by atoms with Gasteiger partial charge in [-0.15, -0.1) is 0 Å². The molecule has 0 amide bonds. The van der Waals surface area contributed by atoms with Crippen LogP contribution in [0.3, 0.4) is 0 Å². The Labute approximate surface area is 83.3 Å². The molecule has 0 aromatic heterocycles. The molecule has 0 bridgehead atoms. The molecule has 0 aliphatic heterocycles. The molecular formula is C10H18O2S. The van der Waals surface area contributed by atoms with Crippen LogP contribution in [0.1, 0.15) is 45.4 Å². The van der Waals surface area contributed by atoms with Crippen LogP contribution in [-0.4, -0.2) is 21.3 Å². The average Bonchev–Trinajstić information content (AvgIpc) is 2.52. The smallest absolute Gasteiger partial charge is 0.184 e. The van der Waals surface area contributed by atoms with E-state index in [2.05, 4.69) is 6.92 Å². The van der Waals surface area contributed by atoms with E-state index in [1.807, 2.05) is 0 Å². The monoisotopic (exact) mass is 202 g/mol. The quantitative estimate of drug-likeness (QED) is 0.505. The Morgan fingerprint density at radius 1 is 1.54 bits per heavy atom. The molecule has 2 atom stereocenters. The first-order valence-electron chi connectivity index (χ1n) is 5.15. The molecule has 0 aromatic rings. The normalized spacial score (nSPS) is 25.1. The minimum Gasteiger partial charge on any atom is -0.616 e. The van der Waals surface area contributed by atoms with Crippen molar-refractivity contribution in [1.29, 1.82) is 0 Å². The molecule has 1 saturated carbocycles. The van der Waals surface area contributed by atoms with E-state index in [4.69, 9.17) is 0 Å². The summed E-state index contributed by atoms with van der Waals surface area (Å²) in [6, 6.07) is 0. The molecule has 2 unspecified atom stereocenters. The summed E-state index contributed by atoms with van der Waals surface area (Å²) in [6.07, 6.45) is 5.75. The van der Waals surface area contributed by atoms with Crippen LogP contribution in [0.4, 0.5) is 0 Å². The molecule has 0 saturated heterocycles. The van der Waals surface area contributed by atoms with Crippen molar-refractivity contribution in [2.75, 3.05) is 5.75 Å². The van der Waals surface area contributed by atoms with E-state index in [1.165, 1.54) is 0 Å². The maximum atomic E-state index is 11.6. The SMILES string of the molecule is CCCCC[S+]([O-])C1CCCC1=O. The maximum absolute atomic E-state index is 11.6. The molecule has 76 valence electrons. The molecule has 2 nitrogen and oxygen atoms in total. The second-order valence-corrected chi connectivity index (χ2v) is 5.38. The molecular weight excluding hydrogens is 184 g/mol. The number of carbonyl (C=O) groups excluding carboxylic acids is 1.